The van der Waals surface area contributed by atoms with Gasteiger partial charge in [0.15, 0.2) is 11.5 Å². The predicted octanol–water partition coefficient (Wildman–Crippen LogP) is 4.14. The predicted molar refractivity (Wildman–Crippen MR) is 127 cm³/mol. The van der Waals surface area contributed by atoms with Gasteiger partial charge in [0.2, 0.25) is 11.7 Å². The quantitative estimate of drug-likeness (QED) is 0.542. The molecule has 2 amide bonds. The van der Waals surface area contributed by atoms with Crippen LogP contribution < -0.4 is 19.5 Å². The van der Waals surface area contributed by atoms with Gasteiger partial charge in [0.05, 0.1) is 33.8 Å². The molecule has 0 saturated heterocycles. The molecule has 4 rings (SSSR count). The second-order valence-electron chi connectivity index (χ2n) is 7.98. The van der Waals surface area contributed by atoms with Crippen molar-refractivity contribution in [3.63, 3.8) is 0 Å². The number of rotatable bonds is 8. The number of benzene rings is 2. The van der Waals surface area contributed by atoms with Crippen LogP contribution in [0.15, 0.2) is 54.6 Å². The lowest BCUT2D eigenvalue weighted by Gasteiger charge is -2.29. The van der Waals surface area contributed by atoms with Gasteiger partial charge in [-0.15, -0.1) is 0 Å². The van der Waals surface area contributed by atoms with E-state index in [1.165, 1.54) is 21.3 Å². The molecule has 1 aliphatic rings. The van der Waals surface area contributed by atoms with Crippen LogP contribution >= 0.6 is 0 Å². The Morgan fingerprint density at radius 2 is 1.74 bits per heavy atom. The highest BCUT2D eigenvalue weighted by Gasteiger charge is 2.35. The van der Waals surface area contributed by atoms with Gasteiger partial charge in [0.25, 0.3) is 5.91 Å². The summed E-state index contributed by atoms with van der Waals surface area (Å²) < 4.78 is 16.5. The van der Waals surface area contributed by atoms with Crippen LogP contribution in [0.25, 0.3) is 0 Å². The molecule has 1 N–H and O–H groups in total. The van der Waals surface area contributed by atoms with Crippen molar-refractivity contribution in [1.29, 1.82) is 0 Å². The number of nitrogens with one attached hydrogen (secondary N) is 1. The number of amides is 2. The molecule has 0 spiro atoms. The summed E-state index contributed by atoms with van der Waals surface area (Å²) in [6.45, 7) is 2.25. The van der Waals surface area contributed by atoms with Gasteiger partial charge in [-0.2, -0.15) is 0 Å². The van der Waals surface area contributed by atoms with E-state index in [0.717, 1.165) is 11.3 Å². The number of anilines is 1. The van der Waals surface area contributed by atoms with Gasteiger partial charge in [-0.3, -0.25) is 9.59 Å². The molecule has 1 atom stereocenters. The van der Waals surface area contributed by atoms with Crippen molar-refractivity contribution in [2.45, 2.75) is 25.9 Å². The average Bonchev–Trinajstić information content (AvgIpc) is 3.17. The Kier molecular flexibility index (Phi) is 6.67. The number of carbonyl (C=O) groups excluding carboxylic acids is 2. The highest BCUT2D eigenvalue weighted by atomic mass is 16.5. The lowest BCUT2D eigenvalue weighted by Crippen LogP contribution is -2.32. The zero-order valence-electron chi connectivity index (χ0n) is 19.6. The summed E-state index contributed by atoms with van der Waals surface area (Å²) in [6, 6.07) is 15.9. The monoisotopic (exact) mass is 461 g/mol. The first kappa shape index (κ1) is 23.1. The number of methoxy groups -OCH3 is 3. The second-order valence-corrected chi connectivity index (χ2v) is 7.98. The van der Waals surface area contributed by atoms with Gasteiger partial charge in [0, 0.05) is 17.8 Å². The van der Waals surface area contributed by atoms with E-state index >= 15 is 0 Å². The Morgan fingerprint density at radius 3 is 2.35 bits per heavy atom. The van der Waals surface area contributed by atoms with E-state index in [9.17, 15) is 9.59 Å². The number of pyridine rings is 1. The van der Waals surface area contributed by atoms with Crippen molar-refractivity contribution in [2.24, 2.45) is 0 Å². The fourth-order valence-electron chi connectivity index (χ4n) is 4.21. The average molecular weight is 462 g/mol. The van der Waals surface area contributed by atoms with E-state index in [2.05, 4.69) is 10.3 Å². The van der Waals surface area contributed by atoms with Gasteiger partial charge in [-0.25, -0.2) is 4.98 Å². The summed E-state index contributed by atoms with van der Waals surface area (Å²) in [4.78, 5) is 32.5. The Bertz CT molecular complexity index is 1200. The molecule has 176 valence electrons. The molecule has 8 nitrogen and oxygen atoms in total. The second kappa shape index (κ2) is 9.82. The van der Waals surface area contributed by atoms with Crippen molar-refractivity contribution in [3.8, 4) is 17.2 Å². The largest absolute Gasteiger partial charge is 0.493 e. The molecule has 0 aliphatic carbocycles. The van der Waals surface area contributed by atoms with Crippen LogP contribution in [-0.4, -0.2) is 43.0 Å². The Balaban J connectivity index is 1.72. The molecule has 0 saturated carbocycles. The molecule has 2 heterocycles. The normalized spacial score (nSPS) is 13.3. The number of nitrogens with zero attached hydrogens (tertiary/aromatic N) is 2. The molecule has 1 aliphatic heterocycles. The number of hydrogen-bond acceptors (Lipinski definition) is 6. The van der Waals surface area contributed by atoms with Crippen LogP contribution in [0.4, 0.5) is 5.82 Å². The lowest BCUT2D eigenvalue weighted by molar-refractivity contribution is -0.117. The maximum absolute atomic E-state index is 13.3. The van der Waals surface area contributed by atoms with Crippen LogP contribution in [0.3, 0.4) is 0 Å². The zero-order chi connectivity index (χ0) is 24.2. The molecule has 0 radical (unpaired) electrons. The topological polar surface area (TPSA) is 90.0 Å². The molecule has 0 fully saturated rings. The van der Waals surface area contributed by atoms with E-state index in [4.69, 9.17) is 14.2 Å². The maximum Gasteiger partial charge on any atom is 0.255 e. The van der Waals surface area contributed by atoms with Crippen molar-refractivity contribution in [1.82, 2.24) is 9.88 Å². The Morgan fingerprint density at radius 1 is 1.03 bits per heavy atom. The van der Waals surface area contributed by atoms with Crippen molar-refractivity contribution < 1.29 is 23.8 Å². The van der Waals surface area contributed by atoms with E-state index < -0.39 is 6.04 Å². The SMILES string of the molecule is COc1cc([C@H](CC(=O)Nc2cccc(C)n2)N2Cc3ccccc3C2=O)cc(OC)c1OC. The highest BCUT2D eigenvalue weighted by Crippen LogP contribution is 2.43. The van der Waals surface area contributed by atoms with Gasteiger partial charge < -0.3 is 24.4 Å². The van der Waals surface area contributed by atoms with Crippen LogP contribution in [0.5, 0.6) is 17.2 Å². The number of hydrogen-bond donors (Lipinski definition) is 1. The smallest absolute Gasteiger partial charge is 0.255 e. The molecule has 34 heavy (non-hydrogen) atoms. The first-order valence-electron chi connectivity index (χ1n) is 10.9. The summed E-state index contributed by atoms with van der Waals surface area (Å²) in [5.41, 5.74) is 3.05. The van der Waals surface area contributed by atoms with Crippen molar-refractivity contribution in [2.75, 3.05) is 26.6 Å². The van der Waals surface area contributed by atoms with Crippen LogP contribution in [0.2, 0.25) is 0 Å². The summed E-state index contributed by atoms with van der Waals surface area (Å²) in [5, 5.41) is 2.85. The maximum atomic E-state index is 13.3. The molecule has 3 aromatic rings. The van der Waals surface area contributed by atoms with Gasteiger partial charge in [0.1, 0.15) is 5.82 Å². The molecule has 0 bridgehead atoms. The molecule has 2 aromatic carbocycles. The van der Waals surface area contributed by atoms with Crippen molar-refractivity contribution in [3.05, 3.63) is 77.0 Å². The first-order valence-corrected chi connectivity index (χ1v) is 10.9. The fraction of sp³-hybridized carbons (Fsp3) is 0.269. The van der Waals surface area contributed by atoms with Crippen molar-refractivity contribution >= 4 is 17.6 Å². The minimum atomic E-state index is -0.571. The molecule has 8 heteroatoms. The van der Waals surface area contributed by atoms with E-state index in [0.29, 0.717) is 40.7 Å². The van der Waals surface area contributed by atoms with Crippen LogP contribution in [0.1, 0.15) is 39.6 Å². The number of carbonyl (C=O) groups is 2. The zero-order valence-corrected chi connectivity index (χ0v) is 19.6. The third kappa shape index (κ3) is 4.52. The molecule has 0 unspecified atom stereocenters. The lowest BCUT2D eigenvalue weighted by atomic mass is 10.00. The first-order chi connectivity index (χ1) is 16.4. The fourth-order valence-corrected chi connectivity index (χ4v) is 4.21. The molecule has 1 aromatic heterocycles. The highest BCUT2D eigenvalue weighted by molar-refractivity contribution is 5.99. The van der Waals surface area contributed by atoms with Crippen LogP contribution in [0, 0.1) is 6.92 Å². The summed E-state index contributed by atoms with van der Waals surface area (Å²) in [6.07, 6.45) is 0.0218. The van der Waals surface area contributed by atoms with E-state index in [1.54, 1.807) is 29.2 Å². The van der Waals surface area contributed by atoms with E-state index in [1.807, 2.05) is 37.3 Å². The summed E-state index contributed by atoms with van der Waals surface area (Å²) >= 11 is 0. The number of aryl methyl sites for hydroxylation is 1. The van der Waals surface area contributed by atoms with Crippen LogP contribution in [-0.2, 0) is 11.3 Å². The summed E-state index contributed by atoms with van der Waals surface area (Å²) in [5.74, 6) is 1.41. The Labute approximate surface area is 198 Å². The van der Waals surface area contributed by atoms with Gasteiger partial charge in [-0.1, -0.05) is 24.3 Å². The third-order valence-corrected chi connectivity index (χ3v) is 5.83. The minimum Gasteiger partial charge on any atom is -0.493 e. The Hall–Kier alpha value is -4.07. The molecular weight excluding hydrogens is 434 g/mol. The number of ether oxygens (including phenoxy) is 3. The van der Waals surface area contributed by atoms with E-state index in [-0.39, 0.29) is 18.2 Å². The minimum absolute atomic E-state index is 0.0218. The summed E-state index contributed by atoms with van der Waals surface area (Å²) in [7, 11) is 4.59. The number of aromatic nitrogens is 1. The third-order valence-electron chi connectivity index (χ3n) is 5.83. The number of fused-ring (bicyclic) bond motifs is 1. The molecular formula is C26H27N3O5. The van der Waals surface area contributed by atoms with Gasteiger partial charge in [-0.05, 0) is 48.4 Å². The van der Waals surface area contributed by atoms with Gasteiger partial charge >= 0.3 is 0 Å². The standard InChI is InChI=1S/C26H27N3O5/c1-16-8-7-11-23(27-16)28-24(30)14-20(29-15-17-9-5-6-10-19(17)26(29)31)18-12-21(32-2)25(34-4)22(13-18)33-3/h5-13,20H,14-15H2,1-4H3,(H,27,28,30)/t20-/m0/s1.